The van der Waals surface area contributed by atoms with Crippen molar-refractivity contribution in [2.75, 3.05) is 27.4 Å². The van der Waals surface area contributed by atoms with Gasteiger partial charge in [-0.1, -0.05) is 24.3 Å². The Kier molecular flexibility index (Phi) is 4.56. The Hall–Kier alpha value is -2.02. The summed E-state index contributed by atoms with van der Waals surface area (Å²) in [6.45, 7) is 0.598. The van der Waals surface area contributed by atoms with Gasteiger partial charge in [-0.25, -0.2) is 4.98 Å². The molecule has 1 aliphatic rings. The number of para-hydroxylation sites is 1. The Morgan fingerprint density at radius 1 is 1.30 bits per heavy atom. The Bertz CT molecular complexity index is 706. The van der Waals surface area contributed by atoms with Gasteiger partial charge < -0.3 is 19.5 Å². The molecule has 1 N–H and O–H groups in total. The van der Waals surface area contributed by atoms with E-state index in [1.54, 1.807) is 13.1 Å². The number of nitrogens with zero attached hydrogens (tertiary/aromatic N) is 2. The standard InChI is InChI=1S/C17H20N2O4/c1-19(14-9-23-10-15(22-2)16(14)20)17(21)13-8-7-11-5-3-4-6-12(11)18-13/h3-8,14-16,20H,9-10H2,1-2H3/t14-,15-,16+/m1/s1. The minimum Gasteiger partial charge on any atom is -0.388 e. The van der Waals surface area contributed by atoms with E-state index < -0.39 is 18.2 Å². The van der Waals surface area contributed by atoms with Crippen molar-refractivity contribution in [2.45, 2.75) is 18.2 Å². The summed E-state index contributed by atoms with van der Waals surface area (Å²) in [5, 5.41) is 11.3. The first kappa shape index (κ1) is 15.9. The molecule has 1 amide bonds. The van der Waals surface area contributed by atoms with E-state index in [1.165, 1.54) is 12.0 Å². The van der Waals surface area contributed by atoms with Crippen LogP contribution in [0.5, 0.6) is 0 Å². The number of hydrogen-bond acceptors (Lipinski definition) is 5. The number of fused-ring (bicyclic) bond motifs is 1. The smallest absolute Gasteiger partial charge is 0.272 e. The van der Waals surface area contributed by atoms with Crippen LogP contribution < -0.4 is 0 Å². The molecule has 3 atom stereocenters. The van der Waals surface area contributed by atoms with E-state index in [2.05, 4.69) is 4.98 Å². The fraction of sp³-hybridized carbons (Fsp3) is 0.412. The highest BCUT2D eigenvalue weighted by Crippen LogP contribution is 2.19. The van der Waals surface area contributed by atoms with Crippen molar-refractivity contribution in [3.05, 3.63) is 42.1 Å². The molecule has 1 aliphatic heterocycles. The summed E-state index contributed by atoms with van der Waals surface area (Å²) < 4.78 is 10.6. The molecule has 23 heavy (non-hydrogen) atoms. The lowest BCUT2D eigenvalue weighted by atomic mass is 10.0. The number of aliphatic hydroxyl groups excluding tert-OH is 1. The number of carbonyl (C=O) groups is 1. The third kappa shape index (κ3) is 3.06. The number of aliphatic hydroxyl groups is 1. The van der Waals surface area contributed by atoms with E-state index >= 15 is 0 Å². The normalized spacial score (nSPS) is 24.6. The van der Waals surface area contributed by atoms with Crippen LogP contribution in [0.4, 0.5) is 0 Å². The maximum Gasteiger partial charge on any atom is 0.272 e. The van der Waals surface area contributed by atoms with Crippen molar-refractivity contribution < 1.29 is 19.4 Å². The fourth-order valence-corrected chi connectivity index (χ4v) is 2.81. The number of carbonyl (C=O) groups excluding carboxylic acids is 1. The Balaban J connectivity index is 1.83. The van der Waals surface area contributed by atoms with Gasteiger partial charge in [0.15, 0.2) is 0 Å². The highest BCUT2D eigenvalue weighted by molar-refractivity contribution is 5.95. The van der Waals surface area contributed by atoms with Crippen molar-refractivity contribution in [3.63, 3.8) is 0 Å². The molecule has 6 nitrogen and oxygen atoms in total. The summed E-state index contributed by atoms with van der Waals surface area (Å²) in [5.41, 5.74) is 1.11. The van der Waals surface area contributed by atoms with Gasteiger partial charge in [0.25, 0.3) is 5.91 Å². The molecule has 3 rings (SSSR count). The van der Waals surface area contributed by atoms with Crippen LogP contribution in [0.15, 0.2) is 36.4 Å². The van der Waals surface area contributed by atoms with E-state index in [-0.39, 0.29) is 12.5 Å². The van der Waals surface area contributed by atoms with E-state index in [9.17, 15) is 9.90 Å². The summed E-state index contributed by atoms with van der Waals surface area (Å²) in [7, 11) is 3.17. The van der Waals surface area contributed by atoms with Crippen molar-refractivity contribution in [3.8, 4) is 0 Å². The zero-order chi connectivity index (χ0) is 16.4. The van der Waals surface area contributed by atoms with Crippen LogP contribution in [-0.4, -0.2) is 66.5 Å². The molecule has 1 saturated heterocycles. The maximum atomic E-state index is 12.7. The number of methoxy groups -OCH3 is 1. The minimum atomic E-state index is -0.789. The number of amides is 1. The number of aromatic nitrogens is 1. The monoisotopic (exact) mass is 316 g/mol. The Morgan fingerprint density at radius 3 is 2.87 bits per heavy atom. The molecule has 1 aromatic heterocycles. The van der Waals surface area contributed by atoms with Gasteiger partial charge in [0, 0.05) is 19.5 Å². The van der Waals surface area contributed by atoms with Crippen molar-refractivity contribution in [1.82, 2.24) is 9.88 Å². The summed E-state index contributed by atoms with van der Waals surface area (Å²) in [6, 6.07) is 10.7. The van der Waals surface area contributed by atoms with Gasteiger partial charge in [-0.05, 0) is 12.1 Å². The number of rotatable bonds is 3. The maximum absolute atomic E-state index is 12.7. The van der Waals surface area contributed by atoms with E-state index in [4.69, 9.17) is 9.47 Å². The highest BCUT2D eigenvalue weighted by Gasteiger charge is 2.37. The molecule has 6 heteroatoms. The highest BCUT2D eigenvalue weighted by atomic mass is 16.5. The van der Waals surface area contributed by atoms with Gasteiger partial charge in [0.1, 0.15) is 17.9 Å². The predicted octanol–water partition coefficient (Wildman–Crippen LogP) is 1.08. The Labute approximate surface area is 134 Å². The van der Waals surface area contributed by atoms with Gasteiger partial charge in [-0.15, -0.1) is 0 Å². The molecule has 0 spiro atoms. The quantitative estimate of drug-likeness (QED) is 0.917. The van der Waals surface area contributed by atoms with Crippen LogP contribution in [0.25, 0.3) is 10.9 Å². The molecule has 0 aliphatic carbocycles. The van der Waals surface area contributed by atoms with Crippen LogP contribution in [0, 0.1) is 0 Å². The zero-order valence-corrected chi connectivity index (χ0v) is 13.2. The fourth-order valence-electron chi connectivity index (χ4n) is 2.81. The Morgan fingerprint density at radius 2 is 2.09 bits per heavy atom. The molecule has 2 aromatic rings. The minimum absolute atomic E-state index is 0.250. The lowest BCUT2D eigenvalue weighted by molar-refractivity contribution is -0.135. The van der Waals surface area contributed by atoms with E-state index in [1.807, 2.05) is 30.3 Å². The van der Waals surface area contributed by atoms with Crippen LogP contribution in [0.2, 0.25) is 0 Å². The first-order valence-corrected chi connectivity index (χ1v) is 7.53. The average molecular weight is 316 g/mol. The SMILES string of the molecule is CO[C@@H]1COC[C@@H](N(C)C(=O)c2ccc3ccccc3n2)[C@@H]1O. The third-order valence-electron chi connectivity index (χ3n) is 4.28. The van der Waals surface area contributed by atoms with Crippen LogP contribution >= 0.6 is 0 Å². The number of pyridine rings is 1. The molecule has 0 saturated carbocycles. The topological polar surface area (TPSA) is 71.9 Å². The van der Waals surface area contributed by atoms with Crippen molar-refractivity contribution in [1.29, 1.82) is 0 Å². The van der Waals surface area contributed by atoms with Gasteiger partial charge in [-0.2, -0.15) is 0 Å². The van der Waals surface area contributed by atoms with Crippen LogP contribution in [-0.2, 0) is 9.47 Å². The van der Waals surface area contributed by atoms with E-state index in [0.29, 0.717) is 12.3 Å². The second-order valence-electron chi connectivity index (χ2n) is 5.67. The molecule has 1 fully saturated rings. The molecule has 0 unspecified atom stereocenters. The molecule has 122 valence electrons. The average Bonchev–Trinajstić information content (AvgIpc) is 2.60. The summed E-state index contributed by atoms with van der Waals surface area (Å²) >= 11 is 0. The third-order valence-corrected chi connectivity index (χ3v) is 4.28. The second-order valence-corrected chi connectivity index (χ2v) is 5.67. The predicted molar refractivity (Wildman–Crippen MR) is 85.2 cm³/mol. The summed E-state index contributed by atoms with van der Waals surface area (Å²) in [5.74, 6) is -0.250. The largest absolute Gasteiger partial charge is 0.388 e. The second kappa shape index (κ2) is 6.62. The number of benzene rings is 1. The molecular formula is C17H20N2O4. The van der Waals surface area contributed by atoms with Crippen molar-refractivity contribution in [2.24, 2.45) is 0 Å². The van der Waals surface area contributed by atoms with Gasteiger partial charge in [0.05, 0.1) is 24.8 Å². The van der Waals surface area contributed by atoms with Gasteiger partial charge >= 0.3 is 0 Å². The number of ether oxygens (including phenoxy) is 2. The first-order valence-electron chi connectivity index (χ1n) is 7.53. The molecule has 0 bridgehead atoms. The van der Waals surface area contributed by atoms with Crippen LogP contribution in [0.3, 0.4) is 0 Å². The van der Waals surface area contributed by atoms with Gasteiger partial charge in [-0.3, -0.25) is 4.79 Å². The summed E-state index contributed by atoms with van der Waals surface area (Å²) in [6.07, 6.45) is -1.23. The number of likely N-dealkylation sites (N-methyl/N-ethyl adjacent to an activating group) is 1. The first-order chi connectivity index (χ1) is 11.1. The molecule has 1 aromatic carbocycles. The summed E-state index contributed by atoms with van der Waals surface area (Å²) in [4.78, 5) is 18.6. The molecular weight excluding hydrogens is 296 g/mol. The lowest BCUT2D eigenvalue weighted by Gasteiger charge is -2.38. The van der Waals surface area contributed by atoms with E-state index in [0.717, 1.165) is 10.9 Å². The van der Waals surface area contributed by atoms with Crippen LogP contribution in [0.1, 0.15) is 10.5 Å². The molecule has 2 heterocycles. The number of hydrogen-bond donors (Lipinski definition) is 1. The zero-order valence-electron chi connectivity index (χ0n) is 13.2. The lowest BCUT2D eigenvalue weighted by Crippen LogP contribution is -2.56. The van der Waals surface area contributed by atoms with Gasteiger partial charge in [0.2, 0.25) is 0 Å². The molecule has 0 radical (unpaired) electrons. The van der Waals surface area contributed by atoms with Crippen molar-refractivity contribution >= 4 is 16.8 Å².